The van der Waals surface area contributed by atoms with E-state index in [1.807, 2.05) is 4.90 Å². The number of hydrogen-bond donors (Lipinski definition) is 1. The number of amides is 2. The Morgan fingerprint density at radius 2 is 1.43 bits per heavy atom. The molecule has 1 atom stereocenters. The van der Waals surface area contributed by atoms with E-state index < -0.39 is 0 Å². The van der Waals surface area contributed by atoms with Crippen LogP contribution in [0.5, 0.6) is 0 Å². The molecule has 0 aromatic carbocycles. The van der Waals surface area contributed by atoms with Crippen molar-refractivity contribution < 1.29 is 9.59 Å². The summed E-state index contributed by atoms with van der Waals surface area (Å²) < 4.78 is 0. The van der Waals surface area contributed by atoms with Gasteiger partial charge in [-0.25, -0.2) is 0 Å². The number of rotatable bonds is 3. The van der Waals surface area contributed by atoms with Crippen molar-refractivity contribution in [2.75, 3.05) is 6.54 Å². The Balaban J connectivity index is 1.50. The molecule has 2 aliphatic carbocycles. The summed E-state index contributed by atoms with van der Waals surface area (Å²) in [4.78, 5) is 26.9. The summed E-state index contributed by atoms with van der Waals surface area (Å²) in [7, 11) is 0. The summed E-state index contributed by atoms with van der Waals surface area (Å²) in [6, 6.07) is 0.733. The van der Waals surface area contributed by atoms with Crippen LogP contribution in [0.1, 0.15) is 83.5 Å². The topological polar surface area (TPSA) is 49.4 Å². The molecule has 3 aliphatic rings. The minimum Gasteiger partial charge on any atom is -0.353 e. The fraction of sp³-hybridized carbons (Fsp3) is 0.895. The molecule has 3 fully saturated rings. The summed E-state index contributed by atoms with van der Waals surface area (Å²) >= 11 is 0. The zero-order chi connectivity index (χ0) is 16.1. The molecule has 0 radical (unpaired) electrons. The average Bonchev–Trinajstić information content (AvgIpc) is 2.93. The van der Waals surface area contributed by atoms with Crippen LogP contribution < -0.4 is 5.32 Å². The van der Waals surface area contributed by atoms with Crippen LogP contribution in [0.15, 0.2) is 0 Å². The van der Waals surface area contributed by atoms with Gasteiger partial charge >= 0.3 is 0 Å². The van der Waals surface area contributed by atoms with E-state index in [1.165, 1.54) is 51.4 Å². The first-order valence-corrected chi connectivity index (χ1v) is 9.84. The number of nitrogens with one attached hydrogen (secondary N) is 1. The van der Waals surface area contributed by atoms with E-state index >= 15 is 0 Å². The predicted octanol–water partition coefficient (Wildman–Crippen LogP) is 3.40. The zero-order valence-electron chi connectivity index (χ0n) is 14.4. The van der Waals surface area contributed by atoms with Crippen LogP contribution in [-0.4, -0.2) is 35.3 Å². The second kappa shape index (κ2) is 8.16. The molecule has 0 aromatic rings. The quantitative estimate of drug-likeness (QED) is 0.866. The van der Waals surface area contributed by atoms with E-state index in [-0.39, 0.29) is 17.7 Å². The number of hydrogen-bond acceptors (Lipinski definition) is 2. The number of carbonyl (C=O) groups excluding carboxylic acids is 2. The van der Waals surface area contributed by atoms with E-state index in [1.54, 1.807) is 0 Å². The van der Waals surface area contributed by atoms with Gasteiger partial charge in [0.15, 0.2) is 0 Å². The van der Waals surface area contributed by atoms with Gasteiger partial charge in [0.2, 0.25) is 11.8 Å². The Kier molecular flexibility index (Phi) is 5.96. The SMILES string of the molecule is O=C(NC1CCCCCCC1)C1CC(=O)N(C2CCCCC2)C1. The summed E-state index contributed by atoms with van der Waals surface area (Å²) in [6.07, 6.45) is 15.0. The van der Waals surface area contributed by atoms with Gasteiger partial charge in [0.05, 0.1) is 5.92 Å². The Hall–Kier alpha value is -1.06. The molecule has 1 heterocycles. The highest BCUT2D eigenvalue weighted by Gasteiger charge is 2.38. The van der Waals surface area contributed by atoms with Gasteiger partial charge in [0, 0.05) is 25.0 Å². The minimum atomic E-state index is -0.116. The van der Waals surface area contributed by atoms with Crippen LogP contribution in [0.2, 0.25) is 0 Å². The maximum absolute atomic E-state index is 12.6. The smallest absolute Gasteiger partial charge is 0.225 e. The van der Waals surface area contributed by atoms with Crippen molar-refractivity contribution in [3.63, 3.8) is 0 Å². The Bertz CT molecular complexity index is 410. The molecule has 1 aliphatic heterocycles. The third-order valence-corrected chi connectivity index (χ3v) is 6.00. The molecule has 4 heteroatoms. The summed E-state index contributed by atoms with van der Waals surface area (Å²) in [6.45, 7) is 0.655. The van der Waals surface area contributed by atoms with Crippen LogP contribution in [0.4, 0.5) is 0 Å². The molecule has 2 amide bonds. The van der Waals surface area contributed by atoms with E-state index in [0.717, 1.165) is 25.7 Å². The molecule has 130 valence electrons. The predicted molar refractivity (Wildman–Crippen MR) is 90.9 cm³/mol. The normalized spacial score (nSPS) is 28.4. The van der Waals surface area contributed by atoms with Crippen molar-refractivity contribution in [3.05, 3.63) is 0 Å². The van der Waals surface area contributed by atoms with Crippen molar-refractivity contribution in [1.29, 1.82) is 0 Å². The monoisotopic (exact) mass is 320 g/mol. The first kappa shape index (κ1) is 16.8. The standard InChI is InChI=1S/C19H32N2O2/c22-18-13-15(14-21(18)17-11-7-4-8-12-17)19(23)20-16-9-5-2-1-3-6-10-16/h15-17H,1-14H2,(H,20,23). The number of likely N-dealkylation sites (tertiary alicyclic amines) is 1. The first-order chi connectivity index (χ1) is 11.2. The van der Waals surface area contributed by atoms with Gasteiger partial charge in [-0.1, -0.05) is 51.4 Å². The molecule has 0 bridgehead atoms. The van der Waals surface area contributed by atoms with Gasteiger partial charge in [-0.2, -0.15) is 0 Å². The van der Waals surface area contributed by atoms with Gasteiger partial charge in [0.1, 0.15) is 0 Å². The Morgan fingerprint density at radius 1 is 0.870 bits per heavy atom. The molecule has 2 saturated carbocycles. The zero-order valence-corrected chi connectivity index (χ0v) is 14.4. The Morgan fingerprint density at radius 3 is 2.13 bits per heavy atom. The summed E-state index contributed by atoms with van der Waals surface area (Å²) in [5, 5.41) is 3.25. The van der Waals surface area contributed by atoms with E-state index in [9.17, 15) is 9.59 Å². The molecule has 1 N–H and O–H groups in total. The molecule has 23 heavy (non-hydrogen) atoms. The summed E-state index contributed by atoms with van der Waals surface area (Å²) in [5.74, 6) is 0.215. The van der Waals surface area contributed by atoms with E-state index in [2.05, 4.69) is 5.32 Å². The first-order valence-electron chi connectivity index (χ1n) is 9.84. The molecule has 0 spiro atoms. The maximum Gasteiger partial charge on any atom is 0.225 e. The van der Waals surface area contributed by atoms with Crippen molar-refractivity contribution >= 4 is 11.8 Å². The third kappa shape index (κ3) is 4.48. The molecular weight excluding hydrogens is 288 g/mol. The lowest BCUT2D eigenvalue weighted by molar-refractivity contribution is -0.130. The average molecular weight is 320 g/mol. The maximum atomic E-state index is 12.6. The van der Waals surface area contributed by atoms with Crippen LogP contribution >= 0.6 is 0 Å². The van der Waals surface area contributed by atoms with Crippen molar-refractivity contribution in [1.82, 2.24) is 10.2 Å². The Labute approximate surface area is 140 Å². The highest BCUT2D eigenvalue weighted by molar-refractivity contribution is 5.89. The van der Waals surface area contributed by atoms with Gasteiger partial charge in [-0.05, 0) is 25.7 Å². The van der Waals surface area contributed by atoms with Crippen molar-refractivity contribution in [2.45, 2.75) is 95.6 Å². The van der Waals surface area contributed by atoms with Crippen LogP contribution in [0.3, 0.4) is 0 Å². The van der Waals surface area contributed by atoms with Crippen LogP contribution in [-0.2, 0) is 9.59 Å². The molecule has 1 saturated heterocycles. The van der Waals surface area contributed by atoms with E-state index in [4.69, 9.17) is 0 Å². The van der Waals surface area contributed by atoms with Crippen molar-refractivity contribution in [2.24, 2.45) is 5.92 Å². The largest absolute Gasteiger partial charge is 0.353 e. The van der Waals surface area contributed by atoms with Crippen LogP contribution in [0.25, 0.3) is 0 Å². The third-order valence-electron chi connectivity index (χ3n) is 6.00. The second-order valence-electron chi connectivity index (χ2n) is 7.79. The van der Waals surface area contributed by atoms with Gasteiger partial charge < -0.3 is 10.2 Å². The number of nitrogens with zero attached hydrogens (tertiary/aromatic N) is 1. The lowest BCUT2D eigenvalue weighted by Crippen LogP contribution is -2.42. The highest BCUT2D eigenvalue weighted by Crippen LogP contribution is 2.29. The molecule has 3 rings (SSSR count). The number of carbonyl (C=O) groups is 2. The second-order valence-corrected chi connectivity index (χ2v) is 7.79. The van der Waals surface area contributed by atoms with E-state index in [0.29, 0.717) is 25.0 Å². The van der Waals surface area contributed by atoms with Gasteiger partial charge in [-0.15, -0.1) is 0 Å². The minimum absolute atomic E-state index is 0.116. The highest BCUT2D eigenvalue weighted by atomic mass is 16.2. The molecule has 1 unspecified atom stereocenters. The fourth-order valence-electron chi connectivity index (χ4n) is 4.57. The lowest BCUT2D eigenvalue weighted by Gasteiger charge is -2.31. The molecular formula is C19H32N2O2. The van der Waals surface area contributed by atoms with Gasteiger partial charge in [0.25, 0.3) is 0 Å². The van der Waals surface area contributed by atoms with Gasteiger partial charge in [-0.3, -0.25) is 9.59 Å². The molecule has 0 aromatic heterocycles. The fourth-order valence-corrected chi connectivity index (χ4v) is 4.57. The molecule has 4 nitrogen and oxygen atoms in total. The van der Waals surface area contributed by atoms with Crippen molar-refractivity contribution in [3.8, 4) is 0 Å². The summed E-state index contributed by atoms with van der Waals surface area (Å²) in [5.41, 5.74) is 0. The van der Waals surface area contributed by atoms with Crippen LogP contribution in [0, 0.1) is 5.92 Å². The lowest BCUT2D eigenvalue weighted by atomic mass is 9.94.